The van der Waals surface area contributed by atoms with Crippen LogP contribution in [0.15, 0.2) is 30.3 Å². The van der Waals surface area contributed by atoms with E-state index >= 15 is 0 Å². The molecule has 1 fully saturated rings. The number of hydrogen-bond acceptors (Lipinski definition) is 3. The monoisotopic (exact) mass is 248 g/mol. The third-order valence-corrected chi connectivity index (χ3v) is 3.16. The molecule has 4 nitrogen and oxygen atoms in total. The van der Waals surface area contributed by atoms with E-state index < -0.39 is 0 Å². The van der Waals surface area contributed by atoms with E-state index in [2.05, 4.69) is 6.92 Å². The van der Waals surface area contributed by atoms with E-state index in [1.54, 1.807) is 4.90 Å². The highest BCUT2D eigenvalue weighted by Crippen LogP contribution is 2.16. The lowest BCUT2D eigenvalue weighted by molar-refractivity contribution is 0.0767. The molecule has 1 aromatic rings. The number of nitrogens with zero attached hydrogens (tertiary/aromatic N) is 1. The minimum Gasteiger partial charge on any atom is -0.445 e. The molecule has 18 heavy (non-hydrogen) atoms. The van der Waals surface area contributed by atoms with Crippen LogP contribution in [0.5, 0.6) is 0 Å². The summed E-state index contributed by atoms with van der Waals surface area (Å²) in [5.74, 6) is 0.443. The van der Waals surface area contributed by atoms with Gasteiger partial charge >= 0.3 is 6.09 Å². The number of likely N-dealkylation sites (tertiary alicyclic amines) is 1. The fourth-order valence-electron chi connectivity index (χ4n) is 2.36. The Kier molecular flexibility index (Phi) is 4.20. The summed E-state index contributed by atoms with van der Waals surface area (Å²) in [6, 6.07) is 9.76. The van der Waals surface area contributed by atoms with Gasteiger partial charge in [0.05, 0.1) is 0 Å². The van der Waals surface area contributed by atoms with E-state index in [0.29, 0.717) is 19.1 Å². The first kappa shape index (κ1) is 12.9. The van der Waals surface area contributed by atoms with E-state index in [1.165, 1.54) is 0 Å². The van der Waals surface area contributed by atoms with Crippen LogP contribution in [0.1, 0.15) is 18.9 Å². The van der Waals surface area contributed by atoms with Gasteiger partial charge in [0.1, 0.15) is 6.61 Å². The minimum absolute atomic E-state index is 0.0676. The van der Waals surface area contributed by atoms with Crippen molar-refractivity contribution >= 4 is 6.09 Å². The molecule has 0 unspecified atom stereocenters. The molecule has 2 rings (SSSR count). The topological polar surface area (TPSA) is 55.6 Å². The molecule has 0 bridgehead atoms. The molecule has 0 aliphatic carbocycles. The number of rotatable bonds is 2. The normalized spacial score (nSPS) is 23.8. The average Bonchev–Trinajstić information content (AvgIpc) is 2.36. The summed E-state index contributed by atoms with van der Waals surface area (Å²) in [4.78, 5) is 13.6. The summed E-state index contributed by atoms with van der Waals surface area (Å²) in [6.07, 6.45) is 0.712. The molecule has 0 spiro atoms. The van der Waals surface area contributed by atoms with Gasteiger partial charge in [-0.05, 0) is 17.9 Å². The van der Waals surface area contributed by atoms with Gasteiger partial charge in [-0.15, -0.1) is 0 Å². The largest absolute Gasteiger partial charge is 0.445 e. The first-order valence-corrected chi connectivity index (χ1v) is 6.36. The molecule has 0 saturated carbocycles. The third kappa shape index (κ3) is 3.47. The van der Waals surface area contributed by atoms with E-state index in [1.807, 2.05) is 30.3 Å². The smallest absolute Gasteiger partial charge is 0.410 e. The maximum atomic E-state index is 11.9. The maximum Gasteiger partial charge on any atom is 0.410 e. The summed E-state index contributed by atoms with van der Waals surface area (Å²) in [6.45, 7) is 3.76. The Morgan fingerprint density at radius 1 is 1.39 bits per heavy atom. The molecule has 2 atom stereocenters. The van der Waals surface area contributed by atoms with Crippen molar-refractivity contribution in [2.75, 3.05) is 13.1 Å². The highest BCUT2D eigenvalue weighted by atomic mass is 16.6. The molecule has 1 aliphatic rings. The van der Waals surface area contributed by atoms with Crippen LogP contribution in [0, 0.1) is 5.92 Å². The highest BCUT2D eigenvalue weighted by Gasteiger charge is 2.26. The summed E-state index contributed by atoms with van der Waals surface area (Å²) >= 11 is 0. The molecule has 1 aliphatic heterocycles. The van der Waals surface area contributed by atoms with Crippen LogP contribution in [0.25, 0.3) is 0 Å². The molecule has 98 valence electrons. The van der Waals surface area contributed by atoms with Gasteiger partial charge in [0.15, 0.2) is 0 Å². The van der Waals surface area contributed by atoms with Crippen LogP contribution >= 0.6 is 0 Å². The lowest BCUT2D eigenvalue weighted by Gasteiger charge is -2.33. The molecule has 1 aromatic carbocycles. The van der Waals surface area contributed by atoms with E-state index in [9.17, 15) is 4.79 Å². The zero-order valence-corrected chi connectivity index (χ0v) is 10.7. The van der Waals surface area contributed by atoms with Gasteiger partial charge in [0.2, 0.25) is 0 Å². The third-order valence-electron chi connectivity index (χ3n) is 3.16. The van der Waals surface area contributed by atoms with Crippen molar-refractivity contribution in [1.82, 2.24) is 4.90 Å². The Balaban J connectivity index is 1.84. The lowest BCUT2D eigenvalue weighted by atomic mass is 9.97. The van der Waals surface area contributed by atoms with E-state index in [-0.39, 0.29) is 12.1 Å². The fraction of sp³-hybridized carbons (Fsp3) is 0.500. The van der Waals surface area contributed by atoms with Gasteiger partial charge in [-0.25, -0.2) is 4.79 Å². The van der Waals surface area contributed by atoms with Crippen molar-refractivity contribution in [1.29, 1.82) is 0 Å². The molecule has 1 heterocycles. The van der Waals surface area contributed by atoms with Gasteiger partial charge in [-0.1, -0.05) is 37.3 Å². The first-order chi connectivity index (χ1) is 8.65. The Hall–Kier alpha value is -1.55. The average molecular weight is 248 g/mol. The zero-order valence-electron chi connectivity index (χ0n) is 10.7. The predicted octanol–water partition coefficient (Wildman–Crippen LogP) is 1.99. The number of benzene rings is 1. The zero-order chi connectivity index (χ0) is 13.0. The van der Waals surface area contributed by atoms with Crippen molar-refractivity contribution in [3.05, 3.63) is 35.9 Å². The molecule has 2 N–H and O–H groups in total. The van der Waals surface area contributed by atoms with Crippen LogP contribution in [-0.2, 0) is 11.3 Å². The number of carbonyl (C=O) groups is 1. The molecule has 1 saturated heterocycles. The number of amides is 1. The highest BCUT2D eigenvalue weighted by molar-refractivity contribution is 5.67. The van der Waals surface area contributed by atoms with Crippen LogP contribution in [0.2, 0.25) is 0 Å². The molecular weight excluding hydrogens is 228 g/mol. The van der Waals surface area contributed by atoms with Gasteiger partial charge in [-0.2, -0.15) is 0 Å². The number of hydrogen-bond donors (Lipinski definition) is 1. The quantitative estimate of drug-likeness (QED) is 0.870. The van der Waals surface area contributed by atoms with Gasteiger partial charge in [0.25, 0.3) is 0 Å². The number of piperidine rings is 1. The second-order valence-corrected chi connectivity index (χ2v) is 5.05. The van der Waals surface area contributed by atoms with Crippen LogP contribution in [0.4, 0.5) is 4.79 Å². The van der Waals surface area contributed by atoms with Gasteiger partial charge < -0.3 is 15.4 Å². The SMILES string of the molecule is C[C@@H]1C[C@H](N)CN(C(=O)OCc2ccccc2)C1. The Labute approximate surface area is 108 Å². The maximum absolute atomic E-state index is 11.9. The molecule has 4 heteroatoms. The predicted molar refractivity (Wildman–Crippen MR) is 70.0 cm³/mol. The number of ether oxygens (including phenoxy) is 1. The second kappa shape index (κ2) is 5.87. The van der Waals surface area contributed by atoms with Crippen molar-refractivity contribution in [3.63, 3.8) is 0 Å². The van der Waals surface area contributed by atoms with Crippen molar-refractivity contribution in [2.24, 2.45) is 11.7 Å². The number of nitrogens with two attached hydrogens (primary N) is 1. The van der Waals surface area contributed by atoms with Crippen LogP contribution in [-0.4, -0.2) is 30.1 Å². The van der Waals surface area contributed by atoms with E-state index in [4.69, 9.17) is 10.5 Å². The Morgan fingerprint density at radius 2 is 2.11 bits per heavy atom. The second-order valence-electron chi connectivity index (χ2n) is 5.05. The van der Waals surface area contributed by atoms with Gasteiger partial charge in [0, 0.05) is 19.1 Å². The molecule has 0 radical (unpaired) electrons. The Morgan fingerprint density at radius 3 is 2.78 bits per heavy atom. The molecule has 0 aromatic heterocycles. The van der Waals surface area contributed by atoms with Crippen molar-refractivity contribution in [3.8, 4) is 0 Å². The van der Waals surface area contributed by atoms with Crippen LogP contribution in [0.3, 0.4) is 0 Å². The summed E-state index contributed by atoms with van der Waals surface area (Å²) in [5, 5.41) is 0. The molecule has 1 amide bonds. The van der Waals surface area contributed by atoms with Crippen LogP contribution < -0.4 is 5.73 Å². The van der Waals surface area contributed by atoms with Gasteiger partial charge in [-0.3, -0.25) is 0 Å². The summed E-state index contributed by atoms with van der Waals surface area (Å²) in [7, 11) is 0. The number of carbonyl (C=O) groups excluding carboxylic acids is 1. The van der Waals surface area contributed by atoms with E-state index in [0.717, 1.165) is 18.5 Å². The summed E-state index contributed by atoms with van der Waals surface area (Å²) in [5.41, 5.74) is 6.91. The van der Waals surface area contributed by atoms with Crippen molar-refractivity contribution in [2.45, 2.75) is 26.0 Å². The summed E-state index contributed by atoms with van der Waals surface area (Å²) < 4.78 is 5.30. The first-order valence-electron chi connectivity index (χ1n) is 6.36. The minimum atomic E-state index is -0.263. The van der Waals surface area contributed by atoms with Crippen molar-refractivity contribution < 1.29 is 9.53 Å². The molecular formula is C14H20N2O2. The standard InChI is InChI=1S/C14H20N2O2/c1-11-7-13(15)9-16(8-11)14(17)18-10-12-5-3-2-4-6-12/h2-6,11,13H,7-10,15H2,1H3/t11-,13+/m1/s1. The fourth-order valence-corrected chi connectivity index (χ4v) is 2.36. The Bertz CT molecular complexity index is 384. The lowest BCUT2D eigenvalue weighted by Crippen LogP contribution is -2.48.